The molecule has 0 spiro atoms. The van der Waals surface area contributed by atoms with Crippen molar-refractivity contribution in [1.29, 1.82) is 0 Å². The van der Waals surface area contributed by atoms with Gasteiger partial charge >= 0.3 is 12.1 Å². The number of hydrogen-bond acceptors (Lipinski definition) is 5. The molecule has 0 saturated carbocycles. The van der Waals surface area contributed by atoms with Crippen LogP contribution in [0.5, 0.6) is 5.75 Å². The predicted molar refractivity (Wildman–Crippen MR) is 64.8 cm³/mol. The van der Waals surface area contributed by atoms with E-state index in [2.05, 4.69) is 9.47 Å². The summed E-state index contributed by atoms with van der Waals surface area (Å²) in [6.45, 7) is 4.05. The zero-order chi connectivity index (χ0) is 15.5. The summed E-state index contributed by atoms with van der Waals surface area (Å²) in [5, 5.41) is 10.8. The van der Waals surface area contributed by atoms with E-state index in [1.54, 1.807) is 0 Å². The van der Waals surface area contributed by atoms with Crippen molar-refractivity contribution >= 4 is 11.7 Å². The Hall–Kier alpha value is -2.25. The van der Waals surface area contributed by atoms with Gasteiger partial charge in [-0.2, -0.15) is 8.78 Å². The fourth-order valence-corrected chi connectivity index (χ4v) is 1.52. The number of esters is 1. The first kappa shape index (κ1) is 15.8. The van der Waals surface area contributed by atoms with Gasteiger partial charge in [-0.05, 0) is 32.4 Å². The topological polar surface area (TPSA) is 78.7 Å². The van der Waals surface area contributed by atoms with Crippen LogP contribution in [0.4, 0.5) is 14.5 Å². The van der Waals surface area contributed by atoms with Gasteiger partial charge in [0.25, 0.3) is 5.69 Å². The third kappa shape index (κ3) is 3.40. The van der Waals surface area contributed by atoms with Crippen LogP contribution < -0.4 is 4.74 Å². The molecule has 0 N–H and O–H groups in total. The van der Waals surface area contributed by atoms with Gasteiger partial charge in [0.15, 0.2) is 0 Å². The molecule has 0 fully saturated rings. The van der Waals surface area contributed by atoms with Gasteiger partial charge in [0.1, 0.15) is 5.75 Å². The lowest BCUT2D eigenvalue weighted by molar-refractivity contribution is -0.385. The van der Waals surface area contributed by atoms with E-state index in [0.717, 1.165) is 6.07 Å². The molecule has 0 aliphatic carbocycles. The molecule has 0 amide bonds. The van der Waals surface area contributed by atoms with Crippen molar-refractivity contribution in [3.8, 4) is 5.75 Å². The Morgan fingerprint density at radius 3 is 2.45 bits per heavy atom. The number of carbonyl (C=O) groups is 1. The summed E-state index contributed by atoms with van der Waals surface area (Å²) in [6.07, 6.45) is -4.20. The van der Waals surface area contributed by atoms with Gasteiger partial charge in [-0.25, -0.2) is 4.79 Å². The number of halogens is 2. The van der Waals surface area contributed by atoms with Crippen LogP contribution in [0.25, 0.3) is 0 Å². The summed E-state index contributed by atoms with van der Waals surface area (Å²) >= 11 is 0. The van der Waals surface area contributed by atoms with Crippen LogP contribution >= 0.6 is 0 Å². The van der Waals surface area contributed by atoms with Crippen LogP contribution in [-0.4, -0.2) is 23.6 Å². The summed E-state index contributed by atoms with van der Waals surface area (Å²) in [4.78, 5) is 21.1. The van der Waals surface area contributed by atoms with Crippen molar-refractivity contribution in [2.24, 2.45) is 0 Å². The van der Waals surface area contributed by atoms with Crippen molar-refractivity contribution in [3.63, 3.8) is 0 Å². The first-order valence-corrected chi connectivity index (χ1v) is 5.68. The first-order valence-electron chi connectivity index (χ1n) is 5.68. The van der Waals surface area contributed by atoms with Gasteiger partial charge in [-0.15, -0.1) is 0 Å². The molecule has 0 aliphatic heterocycles. The maximum atomic E-state index is 13.4. The van der Waals surface area contributed by atoms with Crippen molar-refractivity contribution in [2.75, 3.05) is 6.61 Å². The third-order valence-corrected chi connectivity index (χ3v) is 2.44. The molecular weight excluding hydrogens is 276 g/mol. The van der Waals surface area contributed by atoms with Crippen LogP contribution in [0.1, 0.15) is 18.1 Å². The smallest absolute Gasteiger partial charge is 0.459 e. The second-order valence-corrected chi connectivity index (χ2v) is 4.00. The van der Waals surface area contributed by atoms with E-state index in [0.29, 0.717) is 5.56 Å². The number of hydrogen-bond donors (Lipinski definition) is 0. The zero-order valence-corrected chi connectivity index (χ0v) is 11.1. The molecule has 0 saturated heterocycles. The van der Waals surface area contributed by atoms with Crippen LogP contribution in [-0.2, 0) is 9.53 Å². The number of carbonyl (C=O) groups excluding carboxylic acids is 1. The maximum absolute atomic E-state index is 13.4. The summed E-state index contributed by atoms with van der Waals surface area (Å²) in [5.41, 5.74) is 0.182. The SMILES string of the molecule is CCOC(=O)C(F)(F)Oc1cc([N+](=O)[O-])c(C)cc1C. The standard InChI is InChI=1S/C12H13F2NO5/c1-4-19-11(16)12(13,14)20-10-6-9(15(17)18)7(2)5-8(10)3/h5-6H,4H2,1-3H3. The fraction of sp³-hybridized carbons (Fsp3) is 0.417. The van der Waals surface area contributed by atoms with E-state index in [1.807, 2.05) is 0 Å². The number of nitro benzene ring substituents is 1. The average molecular weight is 289 g/mol. The van der Waals surface area contributed by atoms with Gasteiger partial charge in [0.05, 0.1) is 17.6 Å². The highest BCUT2D eigenvalue weighted by atomic mass is 19.3. The molecule has 0 atom stereocenters. The third-order valence-electron chi connectivity index (χ3n) is 2.44. The first-order chi connectivity index (χ1) is 9.19. The van der Waals surface area contributed by atoms with E-state index in [1.165, 1.54) is 26.8 Å². The summed E-state index contributed by atoms with van der Waals surface area (Å²) < 4.78 is 35.3. The highest BCUT2D eigenvalue weighted by molar-refractivity contribution is 5.76. The quantitative estimate of drug-likeness (QED) is 0.473. The fourth-order valence-electron chi connectivity index (χ4n) is 1.52. The van der Waals surface area contributed by atoms with Gasteiger partial charge in [0, 0.05) is 5.56 Å². The van der Waals surface area contributed by atoms with E-state index in [9.17, 15) is 23.7 Å². The molecule has 1 rings (SSSR count). The Kier molecular flexibility index (Phi) is 4.59. The summed E-state index contributed by atoms with van der Waals surface area (Å²) in [6, 6.07) is 2.19. The van der Waals surface area contributed by atoms with Crippen LogP contribution in [0.2, 0.25) is 0 Å². The highest BCUT2D eigenvalue weighted by Gasteiger charge is 2.44. The molecule has 0 unspecified atom stereocenters. The van der Waals surface area contributed by atoms with Crippen LogP contribution in [0.3, 0.4) is 0 Å². The normalized spacial score (nSPS) is 11.1. The van der Waals surface area contributed by atoms with Crippen LogP contribution in [0.15, 0.2) is 12.1 Å². The summed E-state index contributed by atoms with van der Waals surface area (Å²) in [7, 11) is 0. The lowest BCUT2D eigenvalue weighted by Gasteiger charge is -2.17. The number of benzene rings is 1. The zero-order valence-electron chi connectivity index (χ0n) is 11.1. The number of rotatable bonds is 5. The molecule has 1 aromatic carbocycles. The maximum Gasteiger partial charge on any atom is 0.502 e. The number of ether oxygens (including phenoxy) is 2. The predicted octanol–water partition coefficient (Wildman–Crippen LogP) is 2.75. The van der Waals surface area contributed by atoms with Crippen molar-refractivity contribution in [2.45, 2.75) is 26.9 Å². The largest absolute Gasteiger partial charge is 0.502 e. The van der Waals surface area contributed by atoms with E-state index >= 15 is 0 Å². The molecule has 0 radical (unpaired) electrons. The van der Waals surface area contributed by atoms with Crippen LogP contribution in [0, 0.1) is 24.0 Å². The Balaban J connectivity index is 3.12. The minimum Gasteiger partial charge on any atom is -0.459 e. The van der Waals surface area contributed by atoms with Gasteiger partial charge in [-0.1, -0.05) is 0 Å². The second-order valence-electron chi connectivity index (χ2n) is 4.00. The molecule has 1 aromatic rings. The second kappa shape index (κ2) is 5.81. The Morgan fingerprint density at radius 2 is 1.95 bits per heavy atom. The summed E-state index contributed by atoms with van der Waals surface area (Å²) in [5.74, 6) is -2.29. The molecule has 0 aromatic heterocycles. The molecular formula is C12H13F2NO5. The lowest BCUT2D eigenvalue weighted by atomic mass is 10.1. The Morgan fingerprint density at radius 1 is 1.35 bits per heavy atom. The molecule has 110 valence electrons. The average Bonchev–Trinajstić information content (AvgIpc) is 2.32. The minimum atomic E-state index is -4.20. The van der Waals surface area contributed by atoms with E-state index in [-0.39, 0.29) is 17.9 Å². The van der Waals surface area contributed by atoms with Crippen molar-refractivity contribution in [3.05, 3.63) is 33.4 Å². The number of nitro groups is 1. The minimum absolute atomic E-state index is 0.231. The molecule has 0 bridgehead atoms. The van der Waals surface area contributed by atoms with E-state index in [4.69, 9.17) is 0 Å². The molecule has 8 heteroatoms. The number of alkyl halides is 2. The van der Waals surface area contributed by atoms with Gasteiger partial charge in [0.2, 0.25) is 0 Å². The molecule has 6 nitrogen and oxygen atoms in total. The molecule has 0 aliphatic rings. The monoisotopic (exact) mass is 289 g/mol. The highest BCUT2D eigenvalue weighted by Crippen LogP contribution is 2.32. The van der Waals surface area contributed by atoms with Crippen molar-refractivity contribution in [1.82, 2.24) is 0 Å². The Labute approximate surface area is 113 Å². The molecule has 0 heterocycles. The Bertz CT molecular complexity index is 545. The van der Waals surface area contributed by atoms with Gasteiger partial charge in [-0.3, -0.25) is 10.1 Å². The van der Waals surface area contributed by atoms with Crippen molar-refractivity contribution < 1.29 is 28.0 Å². The molecule has 20 heavy (non-hydrogen) atoms. The number of nitrogens with zero attached hydrogens (tertiary/aromatic N) is 1. The van der Waals surface area contributed by atoms with E-state index < -0.39 is 22.8 Å². The lowest BCUT2D eigenvalue weighted by Crippen LogP contribution is -2.37. The number of aryl methyl sites for hydroxylation is 2. The van der Waals surface area contributed by atoms with Gasteiger partial charge < -0.3 is 9.47 Å².